The summed E-state index contributed by atoms with van der Waals surface area (Å²) in [6.45, 7) is 9.16. The Hall–Kier alpha value is -3.00. The summed E-state index contributed by atoms with van der Waals surface area (Å²) in [4.78, 5) is 12.2. The third-order valence-corrected chi connectivity index (χ3v) is 6.14. The lowest BCUT2D eigenvalue weighted by Gasteiger charge is -2.14. The molecule has 3 rings (SSSR count). The fraction of sp³-hybridized carbons (Fsp3) is 0.375. The van der Waals surface area contributed by atoms with Crippen LogP contribution in [0.2, 0.25) is 0 Å². The van der Waals surface area contributed by atoms with Crippen molar-refractivity contribution in [1.29, 1.82) is 0 Å². The largest absolute Gasteiger partial charge is 0.485 e. The smallest absolute Gasteiger partial charge is 0.230 e. The van der Waals surface area contributed by atoms with Gasteiger partial charge in [-0.1, -0.05) is 62.0 Å². The van der Waals surface area contributed by atoms with Gasteiger partial charge in [0.1, 0.15) is 12.4 Å². The quantitative estimate of drug-likeness (QED) is 0.358. The first-order chi connectivity index (χ1) is 15.3. The van der Waals surface area contributed by atoms with Crippen LogP contribution in [0.3, 0.4) is 0 Å². The van der Waals surface area contributed by atoms with Crippen molar-refractivity contribution in [2.24, 2.45) is 0 Å². The Morgan fingerprint density at radius 1 is 1.19 bits per heavy atom. The van der Waals surface area contributed by atoms with Crippen molar-refractivity contribution in [2.45, 2.75) is 51.8 Å². The van der Waals surface area contributed by atoms with E-state index in [9.17, 15) is 4.79 Å². The molecule has 32 heavy (non-hydrogen) atoms. The first-order valence-electron chi connectivity index (χ1n) is 10.7. The van der Waals surface area contributed by atoms with Crippen LogP contribution >= 0.6 is 11.8 Å². The number of hydrogen-bond donors (Lipinski definition) is 2. The molecule has 2 aromatic carbocycles. The molecule has 3 N–H and O–H groups in total. The number of carbonyl (C=O) groups is 1. The second-order valence-electron chi connectivity index (χ2n) is 8.07. The molecule has 0 spiro atoms. The molecule has 1 aromatic heterocycles. The second-order valence-corrected chi connectivity index (χ2v) is 9.01. The zero-order valence-corrected chi connectivity index (χ0v) is 19.9. The number of thioether (sulfide) groups is 1. The van der Waals surface area contributed by atoms with Gasteiger partial charge < -0.3 is 15.9 Å². The fourth-order valence-corrected chi connectivity index (χ4v) is 4.00. The average molecular weight is 454 g/mol. The third kappa shape index (κ3) is 6.26. The van der Waals surface area contributed by atoms with Gasteiger partial charge in [-0.25, -0.2) is 4.68 Å². The van der Waals surface area contributed by atoms with Crippen LogP contribution in [0.15, 0.2) is 47.6 Å². The molecular weight excluding hydrogens is 422 g/mol. The SMILES string of the molecule is Cc1ccc(C(C)C)c(OCc2nnc(SCC(=O)NCCc3ccccc3C)n2N)c1. The highest BCUT2D eigenvalue weighted by Crippen LogP contribution is 2.28. The Balaban J connectivity index is 1.49. The van der Waals surface area contributed by atoms with Crippen LogP contribution in [0.1, 0.15) is 47.8 Å². The van der Waals surface area contributed by atoms with Crippen molar-refractivity contribution in [3.8, 4) is 5.75 Å². The highest BCUT2D eigenvalue weighted by Gasteiger charge is 2.14. The minimum atomic E-state index is -0.0641. The summed E-state index contributed by atoms with van der Waals surface area (Å²) in [6.07, 6.45) is 0.801. The predicted octanol–water partition coefficient (Wildman–Crippen LogP) is 3.76. The van der Waals surface area contributed by atoms with Gasteiger partial charge in [0.05, 0.1) is 5.75 Å². The molecule has 8 heteroatoms. The maximum Gasteiger partial charge on any atom is 0.230 e. The molecule has 0 aliphatic carbocycles. The molecule has 0 saturated heterocycles. The number of nitrogens with two attached hydrogens (primary N) is 1. The Morgan fingerprint density at radius 3 is 2.72 bits per heavy atom. The van der Waals surface area contributed by atoms with Crippen LogP contribution in [0, 0.1) is 13.8 Å². The summed E-state index contributed by atoms with van der Waals surface area (Å²) in [7, 11) is 0. The maximum absolute atomic E-state index is 12.2. The van der Waals surface area contributed by atoms with Gasteiger partial charge in [-0.2, -0.15) is 0 Å². The standard InChI is InChI=1S/C24H31N5O2S/c1-16(2)20-10-9-17(3)13-21(20)31-14-22-27-28-24(29(22)25)32-15-23(30)26-12-11-19-8-6-5-7-18(19)4/h5-10,13,16H,11-12,14-15,25H2,1-4H3,(H,26,30). The van der Waals surface area contributed by atoms with Gasteiger partial charge in [-0.15, -0.1) is 10.2 Å². The van der Waals surface area contributed by atoms with E-state index in [2.05, 4.69) is 60.6 Å². The highest BCUT2D eigenvalue weighted by molar-refractivity contribution is 7.99. The number of amides is 1. The van der Waals surface area contributed by atoms with Crippen LogP contribution in [-0.4, -0.2) is 33.1 Å². The van der Waals surface area contributed by atoms with Crippen LogP contribution in [0.4, 0.5) is 0 Å². The fourth-order valence-electron chi connectivity index (χ4n) is 3.30. The molecule has 170 valence electrons. The van der Waals surface area contributed by atoms with E-state index in [1.54, 1.807) is 0 Å². The van der Waals surface area contributed by atoms with E-state index < -0.39 is 0 Å². The number of benzene rings is 2. The molecule has 0 unspecified atom stereocenters. The van der Waals surface area contributed by atoms with Crippen molar-refractivity contribution in [2.75, 3.05) is 18.1 Å². The first-order valence-corrected chi connectivity index (χ1v) is 11.7. The zero-order chi connectivity index (χ0) is 23.1. The number of nitrogen functional groups attached to an aromatic ring is 1. The summed E-state index contributed by atoms with van der Waals surface area (Å²) in [5, 5.41) is 11.7. The number of hydrogen-bond acceptors (Lipinski definition) is 6. The Labute approximate surface area is 193 Å². The first kappa shape index (κ1) is 23.7. The molecular formula is C24H31N5O2S. The summed E-state index contributed by atoms with van der Waals surface area (Å²) in [6, 6.07) is 14.4. The monoisotopic (exact) mass is 453 g/mol. The molecule has 1 amide bonds. The predicted molar refractivity (Wildman–Crippen MR) is 128 cm³/mol. The lowest BCUT2D eigenvalue weighted by molar-refractivity contribution is -0.118. The molecule has 3 aromatic rings. The topological polar surface area (TPSA) is 95.1 Å². The van der Waals surface area contributed by atoms with Crippen LogP contribution in [0.5, 0.6) is 5.75 Å². The minimum Gasteiger partial charge on any atom is -0.485 e. The van der Waals surface area contributed by atoms with Gasteiger partial charge in [0.15, 0.2) is 5.82 Å². The van der Waals surface area contributed by atoms with E-state index in [0.29, 0.717) is 23.4 Å². The minimum absolute atomic E-state index is 0.0641. The van der Waals surface area contributed by atoms with Crippen LogP contribution in [0.25, 0.3) is 0 Å². The summed E-state index contributed by atoms with van der Waals surface area (Å²) in [5.41, 5.74) is 4.73. The van der Waals surface area contributed by atoms with Crippen molar-refractivity contribution in [3.05, 3.63) is 70.5 Å². The van der Waals surface area contributed by atoms with Crippen LogP contribution < -0.4 is 15.9 Å². The van der Waals surface area contributed by atoms with Crippen LogP contribution in [-0.2, 0) is 17.8 Å². The van der Waals surface area contributed by atoms with E-state index in [1.807, 2.05) is 25.1 Å². The molecule has 0 aliphatic rings. The number of nitrogens with zero attached hydrogens (tertiary/aromatic N) is 3. The second kappa shape index (κ2) is 11.0. The lowest BCUT2D eigenvalue weighted by Crippen LogP contribution is -2.27. The van der Waals surface area contributed by atoms with Crippen molar-refractivity contribution in [3.63, 3.8) is 0 Å². The summed E-state index contributed by atoms with van der Waals surface area (Å²) < 4.78 is 7.38. The molecule has 0 bridgehead atoms. The van der Waals surface area contributed by atoms with Gasteiger partial charge in [-0.3, -0.25) is 4.79 Å². The van der Waals surface area contributed by atoms with Gasteiger partial charge in [0.25, 0.3) is 0 Å². The summed E-state index contributed by atoms with van der Waals surface area (Å²) >= 11 is 1.25. The Kier molecular flexibility index (Phi) is 8.16. The number of aromatic nitrogens is 3. The number of rotatable bonds is 10. The molecule has 0 fully saturated rings. The normalized spacial score (nSPS) is 11.0. The maximum atomic E-state index is 12.2. The number of ether oxygens (including phenoxy) is 1. The Morgan fingerprint density at radius 2 is 1.97 bits per heavy atom. The van der Waals surface area contributed by atoms with E-state index in [-0.39, 0.29) is 18.3 Å². The molecule has 0 radical (unpaired) electrons. The van der Waals surface area contributed by atoms with Crippen molar-refractivity contribution >= 4 is 17.7 Å². The Bertz CT molecular complexity index is 1060. The highest BCUT2D eigenvalue weighted by atomic mass is 32.2. The van der Waals surface area contributed by atoms with Crippen molar-refractivity contribution < 1.29 is 9.53 Å². The molecule has 0 aliphatic heterocycles. The molecule has 0 saturated carbocycles. The summed E-state index contributed by atoms with van der Waals surface area (Å²) in [5.74, 6) is 7.96. The van der Waals surface area contributed by atoms with E-state index in [0.717, 1.165) is 23.3 Å². The van der Waals surface area contributed by atoms with E-state index in [1.165, 1.54) is 27.6 Å². The van der Waals surface area contributed by atoms with Gasteiger partial charge in [0.2, 0.25) is 11.1 Å². The average Bonchev–Trinajstić information content (AvgIpc) is 3.11. The lowest BCUT2D eigenvalue weighted by atomic mass is 10.0. The number of nitrogens with one attached hydrogen (secondary N) is 1. The third-order valence-electron chi connectivity index (χ3n) is 5.19. The van der Waals surface area contributed by atoms with Gasteiger partial charge >= 0.3 is 0 Å². The molecule has 1 heterocycles. The number of carbonyl (C=O) groups excluding carboxylic acids is 1. The van der Waals surface area contributed by atoms with E-state index in [4.69, 9.17) is 10.6 Å². The van der Waals surface area contributed by atoms with Crippen molar-refractivity contribution in [1.82, 2.24) is 20.2 Å². The van der Waals surface area contributed by atoms with Gasteiger partial charge in [0, 0.05) is 6.54 Å². The molecule has 7 nitrogen and oxygen atoms in total. The zero-order valence-electron chi connectivity index (χ0n) is 19.1. The molecule has 0 atom stereocenters. The number of aryl methyl sites for hydroxylation is 2. The van der Waals surface area contributed by atoms with E-state index >= 15 is 0 Å². The van der Waals surface area contributed by atoms with Gasteiger partial charge in [-0.05, 0) is 54.5 Å².